The van der Waals surface area contributed by atoms with Gasteiger partial charge < -0.3 is 15.3 Å². The molecule has 0 atom stereocenters. The minimum atomic E-state index is 0. The van der Waals surface area contributed by atoms with E-state index in [2.05, 4.69) is 0 Å². The Morgan fingerprint density at radius 1 is 0.667 bits per heavy atom. The van der Waals surface area contributed by atoms with Crippen LogP contribution in [0.15, 0.2) is 0 Å². The first-order chi connectivity index (χ1) is 5.24. The van der Waals surface area contributed by atoms with Crippen LogP contribution in [0.3, 0.4) is 0 Å². The maximum absolute atomic E-state index is 8.93. The molecule has 0 heterocycles. The van der Waals surface area contributed by atoms with E-state index >= 15 is 0 Å². The summed E-state index contributed by atoms with van der Waals surface area (Å²) in [5, 5.41) is 26.8. The molecule has 0 aromatic rings. The largest absolute Gasteiger partial charge is 3.00 e. The second kappa shape index (κ2) is 106. The third-order valence-electron chi connectivity index (χ3n) is 0. The third-order valence-corrected chi connectivity index (χ3v) is 0. The van der Waals surface area contributed by atoms with Gasteiger partial charge in [-0.1, -0.05) is 34.6 Å². The molecular weight excluding hydrogens is 171 g/mol. The summed E-state index contributed by atoms with van der Waals surface area (Å²) in [6.45, 7) is 8.71. The molecule has 4 heteroatoms. The molecule has 3 nitrogen and oxygen atoms in total. The molecular formula is C8H21AlO3. The molecule has 0 aliphatic carbocycles. The summed E-state index contributed by atoms with van der Waals surface area (Å²) in [6.07, 6.45) is 0. The van der Waals surface area contributed by atoms with Gasteiger partial charge in [0.1, 0.15) is 0 Å². The van der Waals surface area contributed by atoms with Gasteiger partial charge in [-0.3, -0.25) is 0 Å². The Hall–Kier alpha value is 0.412. The Kier molecular flexibility index (Phi) is 261. The van der Waals surface area contributed by atoms with Crippen molar-refractivity contribution in [2.45, 2.75) is 34.6 Å². The summed E-state index contributed by atoms with van der Waals surface area (Å²) in [7, 11) is 0. The van der Waals surface area contributed by atoms with Crippen LogP contribution in [0.5, 0.6) is 0 Å². The van der Waals surface area contributed by atoms with Gasteiger partial charge >= 0.3 is 17.4 Å². The second-order valence-electron chi connectivity index (χ2n) is 0.866. The molecule has 0 fully saturated rings. The maximum Gasteiger partial charge on any atom is 3.00 e. The fourth-order valence-electron chi connectivity index (χ4n) is 0. The van der Waals surface area contributed by atoms with Gasteiger partial charge in [-0.05, 0) is 0 Å². The van der Waals surface area contributed by atoms with E-state index < -0.39 is 0 Å². The van der Waals surface area contributed by atoms with E-state index in [0.29, 0.717) is 0 Å². The van der Waals surface area contributed by atoms with Gasteiger partial charge in [0.25, 0.3) is 0 Å². The topological polar surface area (TPSA) is 69.2 Å². The minimum absolute atomic E-state index is 0. The average Bonchev–Trinajstić information content (AvgIpc) is 1.96. The van der Waals surface area contributed by atoms with Crippen LogP contribution in [0.4, 0.5) is 0 Å². The van der Waals surface area contributed by atoms with Crippen LogP contribution in [-0.2, 0) is 0 Å². The molecule has 0 aliphatic rings. The molecule has 0 aromatic carbocycles. The molecule has 0 aliphatic heterocycles. The van der Waals surface area contributed by atoms with Crippen molar-refractivity contribution >= 4 is 17.4 Å². The maximum atomic E-state index is 8.93. The Morgan fingerprint density at radius 3 is 0.667 bits per heavy atom. The van der Waals surface area contributed by atoms with E-state index in [4.69, 9.17) is 15.3 Å². The zero-order valence-electron chi connectivity index (χ0n) is 8.92. The van der Waals surface area contributed by atoms with Crippen LogP contribution in [-0.4, -0.2) is 37.2 Å². The summed E-state index contributed by atoms with van der Waals surface area (Å²) >= 11 is 0. The fraction of sp³-hybridized carbons (Fsp3) is 1.00. The van der Waals surface area contributed by atoms with Gasteiger partial charge in [-0.25, -0.2) is 0 Å². The first-order valence-electron chi connectivity index (χ1n) is 3.99. The summed E-state index contributed by atoms with van der Waals surface area (Å²) in [5.74, 6) is 0. The zero-order chi connectivity index (χ0) is 10.1. The molecule has 0 N–H and O–H groups in total. The third kappa shape index (κ3) is 5420. The Labute approximate surface area is 87.6 Å². The Morgan fingerprint density at radius 2 is 0.667 bits per heavy atom. The van der Waals surface area contributed by atoms with Gasteiger partial charge in [0.05, 0.1) is 0 Å². The molecule has 0 bridgehead atoms. The van der Waals surface area contributed by atoms with Crippen molar-refractivity contribution in [2.24, 2.45) is 0 Å². The first-order valence-corrected chi connectivity index (χ1v) is 3.99. The first kappa shape index (κ1) is 29.4. The molecule has 0 saturated carbocycles. The molecule has 0 spiro atoms. The quantitative estimate of drug-likeness (QED) is 0.450. The van der Waals surface area contributed by atoms with Gasteiger partial charge in [-0.15, -0.1) is 19.8 Å². The van der Waals surface area contributed by atoms with Crippen LogP contribution in [0, 0.1) is 0 Å². The SMILES string of the molecule is CC.CC[O-].CC[O-].CC[O-].[Al+3]. The van der Waals surface area contributed by atoms with Crippen molar-refractivity contribution in [2.75, 3.05) is 19.8 Å². The van der Waals surface area contributed by atoms with E-state index in [0.717, 1.165) is 0 Å². The van der Waals surface area contributed by atoms with E-state index in [1.54, 1.807) is 20.8 Å². The van der Waals surface area contributed by atoms with Crippen LogP contribution in [0.1, 0.15) is 34.6 Å². The van der Waals surface area contributed by atoms with E-state index in [-0.39, 0.29) is 37.2 Å². The van der Waals surface area contributed by atoms with Crippen molar-refractivity contribution in [1.29, 1.82) is 0 Å². The monoisotopic (exact) mass is 192 g/mol. The zero-order valence-corrected chi connectivity index (χ0v) is 10.1. The van der Waals surface area contributed by atoms with Crippen molar-refractivity contribution in [3.05, 3.63) is 0 Å². The smallest absolute Gasteiger partial charge is 0.855 e. The van der Waals surface area contributed by atoms with E-state index in [1.165, 1.54) is 0 Å². The predicted octanol–water partition coefficient (Wildman–Crippen LogP) is -1.25. The fourth-order valence-corrected chi connectivity index (χ4v) is 0. The molecule has 12 heavy (non-hydrogen) atoms. The summed E-state index contributed by atoms with van der Waals surface area (Å²) < 4.78 is 0. The Balaban J connectivity index is -0.0000000179. The van der Waals surface area contributed by atoms with Gasteiger partial charge in [0, 0.05) is 0 Å². The van der Waals surface area contributed by atoms with Gasteiger partial charge in [0.2, 0.25) is 0 Å². The predicted molar refractivity (Wildman–Crippen MR) is 48.7 cm³/mol. The molecule has 0 aromatic heterocycles. The number of rotatable bonds is 0. The van der Waals surface area contributed by atoms with Gasteiger partial charge in [0.15, 0.2) is 0 Å². The summed E-state index contributed by atoms with van der Waals surface area (Å²) in [5.41, 5.74) is 0. The summed E-state index contributed by atoms with van der Waals surface area (Å²) in [6, 6.07) is 0. The summed E-state index contributed by atoms with van der Waals surface area (Å²) in [4.78, 5) is 0. The molecule has 0 unspecified atom stereocenters. The number of hydrogen-bond acceptors (Lipinski definition) is 3. The van der Waals surface area contributed by atoms with Crippen molar-refractivity contribution in [1.82, 2.24) is 0 Å². The molecule has 0 radical (unpaired) electrons. The molecule has 0 amide bonds. The van der Waals surface area contributed by atoms with Crippen molar-refractivity contribution < 1.29 is 15.3 Å². The van der Waals surface area contributed by atoms with E-state index in [1.807, 2.05) is 13.8 Å². The molecule has 0 saturated heterocycles. The van der Waals surface area contributed by atoms with Crippen LogP contribution in [0.2, 0.25) is 0 Å². The van der Waals surface area contributed by atoms with Crippen molar-refractivity contribution in [3.63, 3.8) is 0 Å². The van der Waals surface area contributed by atoms with E-state index in [9.17, 15) is 0 Å². The standard InChI is InChI=1S/3C2H5O.C2H6.Al/c3*1-2-3;1-2;/h3*2H2,1H3;1-2H3;/q3*-1;;+3. The minimum Gasteiger partial charge on any atom is -0.855 e. The molecule has 74 valence electrons. The van der Waals surface area contributed by atoms with Crippen LogP contribution < -0.4 is 15.3 Å². The van der Waals surface area contributed by atoms with Crippen molar-refractivity contribution in [3.8, 4) is 0 Å². The second-order valence-corrected chi connectivity index (χ2v) is 0.866. The normalized spacial score (nSPS) is 5.00. The molecule has 0 rings (SSSR count). The Bertz CT molecular complexity index is 19.0. The number of hydrogen-bond donors (Lipinski definition) is 0. The average molecular weight is 192 g/mol. The van der Waals surface area contributed by atoms with Gasteiger partial charge in [-0.2, -0.15) is 0 Å². The van der Waals surface area contributed by atoms with Crippen LogP contribution in [0.25, 0.3) is 0 Å². The van der Waals surface area contributed by atoms with Crippen LogP contribution >= 0.6 is 0 Å².